The summed E-state index contributed by atoms with van der Waals surface area (Å²) in [6, 6.07) is 16.2. The fourth-order valence-electron chi connectivity index (χ4n) is 5.38. The van der Waals surface area contributed by atoms with Gasteiger partial charge in [0.2, 0.25) is 11.8 Å². The number of hydrogen-bond donors (Lipinski definition) is 0. The Morgan fingerprint density at radius 3 is 1.41 bits per heavy atom. The first-order valence-corrected chi connectivity index (χ1v) is 12.7. The highest BCUT2D eigenvalue weighted by Gasteiger charge is 2.42. The lowest BCUT2D eigenvalue weighted by Gasteiger charge is -2.45. The maximum Gasteiger partial charge on any atom is 0.224 e. The number of amides is 2. The smallest absolute Gasteiger partial charge is 0.224 e. The molecule has 2 aliphatic heterocycles. The molecule has 0 fully saturated rings. The van der Waals surface area contributed by atoms with Crippen molar-refractivity contribution in [1.82, 2.24) is 9.80 Å². The number of allylic oxidation sites excluding steroid dienone is 2. The fraction of sp³-hybridized carbons (Fsp3) is 0.400. The zero-order chi connectivity index (χ0) is 24.2. The van der Waals surface area contributed by atoms with Crippen molar-refractivity contribution >= 4 is 23.0 Å². The van der Waals surface area contributed by atoms with E-state index in [1.807, 2.05) is 34.3 Å². The molecule has 4 heteroatoms. The van der Waals surface area contributed by atoms with Crippen molar-refractivity contribution in [2.24, 2.45) is 0 Å². The average Bonchev–Trinajstić information content (AvgIpc) is 2.85. The zero-order valence-corrected chi connectivity index (χ0v) is 20.9. The number of fused-ring (bicyclic) bond motifs is 2. The molecule has 0 saturated carbocycles. The van der Waals surface area contributed by atoms with E-state index in [-0.39, 0.29) is 23.9 Å². The molecule has 0 aliphatic carbocycles. The first-order valence-electron chi connectivity index (χ1n) is 12.7. The lowest BCUT2D eigenvalue weighted by atomic mass is 9.79. The number of hydrogen-bond acceptors (Lipinski definition) is 2. The molecule has 2 aromatic carbocycles. The van der Waals surface area contributed by atoms with Gasteiger partial charge in [-0.05, 0) is 59.1 Å². The minimum Gasteiger partial charge on any atom is -0.309 e. The van der Waals surface area contributed by atoms with Crippen molar-refractivity contribution < 1.29 is 9.59 Å². The van der Waals surface area contributed by atoms with Gasteiger partial charge in [-0.3, -0.25) is 9.59 Å². The summed E-state index contributed by atoms with van der Waals surface area (Å²) in [6.07, 6.45) is 10.3. The summed E-state index contributed by atoms with van der Waals surface area (Å²) >= 11 is 0. The van der Waals surface area contributed by atoms with E-state index in [1.165, 1.54) is 22.3 Å². The number of benzene rings is 2. The Bertz CT molecular complexity index is 1040. The van der Waals surface area contributed by atoms with Crippen LogP contribution in [0.1, 0.15) is 101 Å². The standard InChI is InChI=1S/C30H36N2O2/c1-5-7-13-23-19-31(21(3)33)29(27-17-11-9-15-25(23)27)30-28-18-12-10-16-26(28)24(14-8-6-2)20-32(30)22(4)34/h9-12,15-20,29-30H,5-8,13-14H2,1-4H3/t29-,30-/m0/s1. The van der Waals surface area contributed by atoms with Crippen LogP contribution in [0.2, 0.25) is 0 Å². The highest BCUT2D eigenvalue weighted by Crippen LogP contribution is 2.49. The Morgan fingerprint density at radius 2 is 1.06 bits per heavy atom. The van der Waals surface area contributed by atoms with Crippen LogP contribution >= 0.6 is 0 Å². The van der Waals surface area contributed by atoms with Crippen LogP contribution in [0.5, 0.6) is 0 Å². The van der Waals surface area contributed by atoms with Crippen LogP contribution in [0.15, 0.2) is 60.9 Å². The van der Waals surface area contributed by atoms with Crippen LogP contribution in [-0.2, 0) is 9.59 Å². The Balaban J connectivity index is 1.90. The molecule has 0 bridgehead atoms. The molecular weight excluding hydrogens is 420 g/mol. The number of carbonyl (C=O) groups is 2. The van der Waals surface area contributed by atoms with Crippen LogP contribution in [-0.4, -0.2) is 21.6 Å². The molecule has 4 nitrogen and oxygen atoms in total. The molecule has 2 aromatic rings. The molecule has 0 spiro atoms. The summed E-state index contributed by atoms with van der Waals surface area (Å²) in [6.45, 7) is 7.63. The van der Waals surface area contributed by atoms with E-state index in [1.54, 1.807) is 13.8 Å². The van der Waals surface area contributed by atoms with Gasteiger partial charge in [-0.2, -0.15) is 0 Å². The van der Waals surface area contributed by atoms with E-state index < -0.39 is 0 Å². The Labute approximate surface area is 204 Å². The number of carbonyl (C=O) groups excluding carboxylic acids is 2. The molecule has 2 amide bonds. The van der Waals surface area contributed by atoms with E-state index in [0.29, 0.717) is 0 Å². The van der Waals surface area contributed by atoms with Crippen molar-refractivity contribution in [1.29, 1.82) is 0 Å². The number of nitrogens with zero attached hydrogens (tertiary/aromatic N) is 2. The van der Waals surface area contributed by atoms with Gasteiger partial charge in [0.25, 0.3) is 0 Å². The van der Waals surface area contributed by atoms with Crippen LogP contribution in [0.4, 0.5) is 0 Å². The predicted octanol–water partition coefficient (Wildman–Crippen LogP) is 7.26. The summed E-state index contributed by atoms with van der Waals surface area (Å²) < 4.78 is 0. The molecule has 0 unspecified atom stereocenters. The third-order valence-corrected chi connectivity index (χ3v) is 7.07. The van der Waals surface area contributed by atoms with Crippen molar-refractivity contribution in [2.75, 3.05) is 0 Å². The second kappa shape index (κ2) is 10.4. The maximum absolute atomic E-state index is 13.0. The molecular formula is C30H36N2O2. The van der Waals surface area contributed by atoms with Gasteiger partial charge in [0.15, 0.2) is 0 Å². The fourth-order valence-corrected chi connectivity index (χ4v) is 5.38. The maximum atomic E-state index is 13.0. The summed E-state index contributed by atoms with van der Waals surface area (Å²) in [5.41, 5.74) is 7.01. The van der Waals surface area contributed by atoms with Crippen LogP contribution < -0.4 is 0 Å². The Kier molecular flexibility index (Phi) is 7.35. The monoisotopic (exact) mass is 456 g/mol. The number of rotatable bonds is 7. The molecule has 4 rings (SSSR count). The van der Waals surface area contributed by atoms with Gasteiger partial charge in [0.05, 0.1) is 12.1 Å². The van der Waals surface area contributed by atoms with E-state index in [9.17, 15) is 9.59 Å². The third-order valence-electron chi connectivity index (χ3n) is 7.07. The zero-order valence-electron chi connectivity index (χ0n) is 20.9. The minimum absolute atomic E-state index is 0.00440. The summed E-state index contributed by atoms with van der Waals surface area (Å²) in [7, 11) is 0. The quantitative estimate of drug-likeness (QED) is 0.440. The highest BCUT2D eigenvalue weighted by atomic mass is 16.2. The van der Waals surface area contributed by atoms with Gasteiger partial charge >= 0.3 is 0 Å². The van der Waals surface area contributed by atoms with E-state index >= 15 is 0 Å². The third kappa shape index (κ3) is 4.46. The number of unbranched alkanes of at least 4 members (excludes halogenated alkanes) is 2. The second-order valence-electron chi connectivity index (χ2n) is 9.43. The summed E-state index contributed by atoms with van der Waals surface area (Å²) in [4.78, 5) is 29.8. The van der Waals surface area contributed by atoms with Crippen molar-refractivity contribution in [3.8, 4) is 0 Å². The first kappa shape index (κ1) is 24.0. The molecule has 178 valence electrons. The molecule has 0 N–H and O–H groups in total. The Hall–Kier alpha value is -3.14. The molecule has 0 aromatic heterocycles. The van der Waals surface area contributed by atoms with Gasteiger partial charge < -0.3 is 9.80 Å². The summed E-state index contributed by atoms with van der Waals surface area (Å²) in [5, 5.41) is 0. The topological polar surface area (TPSA) is 40.6 Å². The SMILES string of the molecule is CCCCC1=CN(C(C)=O)[C@H]([C@@H]2c3ccccc3C(CCCC)=CN2C(C)=O)c2ccccc21. The highest BCUT2D eigenvalue weighted by molar-refractivity contribution is 5.84. The molecule has 34 heavy (non-hydrogen) atoms. The predicted molar refractivity (Wildman–Crippen MR) is 138 cm³/mol. The molecule has 0 radical (unpaired) electrons. The van der Waals surface area contributed by atoms with Crippen molar-refractivity contribution in [3.05, 3.63) is 83.2 Å². The molecule has 0 saturated heterocycles. The second-order valence-corrected chi connectivity index (χ2v) is 9.43. The van der Waals surface area contributed by atoms with Gasteiger partial charge in [0.1, 0.15) is 0 Å². The largest absolute Gasteiger partial charge is 0.309 e. The lowest BCUT2D eigenvalue weighted by molar-refractivity contribution is -0.134. The molecule has 2 heterocycles. The summed E-state index contributed by atoms with van der Waals surface area (Å²) in [5.74, 6) is -0.00881. The van der Waals surface area contributed by atoms with E-state index in [0.717, 1.165) is 49.7 Å². The van der Waals surface area contributed by atoms with Gasteiger partial charge in [-0.1, -0.05) is 75.2 Å². The van der Waals surface area contributed by atoms with Crippen molar-refractivity contribution in [2.45, 2.75) is 78.3 Å². The molecule has 2 aliphatic rings. The van der Waals surface area contributed by atoms with Gasteiger partial charge in [0, 0.05) is 26.2 Å². The lowest BCUT2D eigenvalue weighted by Crippen LogP contribution is -2.43. The average molecular weight is 457 g/mol. The van der Waals surface area contributed by atoms with Crippen LogP contribution in [0.25, 0.3) is 11.1 Å². The minimum atomic E-state index is -0.284. The molecule has 2 atom stereocenters. The van der Waals surface area contributed by atoms with Crippen LogP contribution in [0, 0.1) is 0 Å². The Morgan fingerprint density at radius 1 is 0.676 bits per heavy atom. The van der Waals surface area contributed by atoms with Crippen molar-refractivity contribution in [3.63, 3.8) is 0 Å². The van der Waals surface area contributed by atoms with Gasteiger partial charge in [-0.25, -0.2) is 0 Å². The van der Waals surface area contributed by atoms with E-state index in [2.05, 4.69) is 50.2 Å². The van der Waals surface area contributed by atoms with Gasteiger partial charge in [-0.15, -0.1) is 0 Å². The van der Waals surface area contributed by atoms with E-state index in [4.69, 9.17) is 0 Å². The van der Waals surface area contributed by atoms with Crippen LogP contribution in [0.3, 0.4) is 0 Å². The first-order chi connectivity index (χ1) is 16.5. The normalized spacial score (nSPS) is 19.2.